The largest absolute Gasteiger partial charge is 0.493 e. The summed E-state index contributed by atoms with van der Waals surface area (Å²) in [4.78, 5) is 32.5. The highest BCUT2D eigenvalue weighted by Gasteiger charge is 2.18. The monoisotopic (exact) mass is 594 g/mol. The van der Waals surface area contributed by atoms with Crippen LogP contribution in [0.2, 0.25) is 0 Å². The molecule has 0 bridgehead atoms. The molecule has 1 fully saturated rings. The molecule has 2 atom stereocenters. The van der Waals surface area contributed by atoms with Crippen molar-refractivity contribution in [2.45, 2.75) is 109 Å². The van der Waals surface area contributed by atoms with Crippen molar-refractivity contribution in [2.24, 2.45) is 5.92 Å². The van der Waals surface area contributed by atoms with Crippen LogP contribution in [-0.2, 0) is 25.5 Å². The maximum atomic E-state index is 12.7. The second kappa shape index (κ2) is 22.4. The van der Waals surface area contributed by atoms with Gasteiger partial charge >= 0.3 is 5.97 Å². The fraction of sp³-hybridized carbons (Fsp3) is 0.583. The van der Waals surface area contributed by atoms with E-state index in [0.717, 1.165) is 30.9 Å². The number of methoxy groups -OCH3 is 1. The van der Waals surface area contributed by atoms with Gasteiger partial charge in [0.2, 0.25) is 5.91 Å². The van der Waals surface area contributed by atoms with E-state index in [9.17, 15) is 14.4 Å². The number of esters is 1. The summed E-state index contributed by atoms with van der Waals surface area (Å²) in [5.41, 5.74) is 2.47. The third-order valence-electron chi connectivity index (χ3n) is 8.16. The Hall–Kier alpha value is -3.19. The number of ether oxygens (including phenoxy) is 2. The van der Waals surface area contributed by atoms with Crippen molar-refractivity contribution >= 4 is 18.2 Å². The first kappa shape index (κ1) is 36.0. The number of aryl methyl sites for hydroxylation is 1. The van der Waals surface area contributed by atoms with Crippen LogP contribution in [0, 0.1) is 12.8 Å². The molecule has 3 rings (SSSR count). The van der Waals surface area contributed by atoms with Gasteiger partial charge in [0, 0.05) is 18.5 Å². The first-order valence-corrected chi connectivity index (χ1v) is 16.1. The average molecular weight is 595 g/mol. The summed E-state index contributed by atoms with van der Waals surface area (Å²) >= 11 is 0. The molecular weight excluding hydrogens is 540 g/mol. The molecule has 1 amide bonds. The lowest BCUT2D eigenvalue weighted by Gasteiger charge is -2.24. The molecule has 0 radical (unpaired) electrons. The van der Waals surface area contributed by atoms with Crippen molar-refractivity contribution in [1.82, 2.24) is 10.6 Å². The molecule has 2 N–H and O–H groups in total. The Morgan fingerprint density at radius 2 is 1.63 bits per heavy atom. The maximum Gasteiger partial charge on any atom is 0.305 e. The number of rotatable bonds is 18. The molecule has 0 aromatic heterocycles. The van der Waals surface area contributed by atoms with Gasteiger partial charge in [0.1, 0.15) is 12.0 Å². The van der Waals surface area contributed by atoms with E-state index in [4.69, 9.17) is 4.74 Å². The molecular formula is C36H54N2O5. The first-order chi connectivity index (χ1) is 20.9. The van der Waals surface area contributed by atoms with Crippen LogP contribution >= 0.6 is 0 Å². The highest BCUT2D eigenvalue weighted by molar-refractivity contribution is 5.76. The standard InChI is InChI=1S/C31H46N2O2.C5H8O3/c1-25-16-20-30(21-17-25)35-23-22-31(34)33-29(24-27-12-7-4-8-13-27)19-18-28(32-2)15-9-14-26-10-5-3-6-11-26;1-8-5(7)3-2-4-6/h4,7-8,12-13,16-17,20-21,26,28-29,32H,3,5-6,9-11,14-15,18-19,22-24H2,1-2H3,(H,33,34);4H,2-3H2,1H3. The molecule has 2 aromatic rings. The zero-order chi connectivity index (χ0) is 31.1. The van der Waals surface area contributed by atoms with Crippen LogP contribution in [0.4, 0.5) is 0 Å². The Labute approximate surface area is 259 Å². The van der Waals surface area contributed by atoms with Crippen LogP contribution in [0.15, 0.2) is 54.6 Å². The highest BCUT2D eigenvalue weighted by Crippen LogP contribution is 2.28. The third-order valence-corrected chi connectivity index (χ3v) is 8.16. The summed E-state index contributed by atoms with van der Waals surface area (Å²) in [6, 6.07) is 19.1. The molecule has 1 saturated carbocycles. The Morgan fingerprint density at radius 1 is 0.930 bits per heavy atom. The highest BCUT2D eigenvalue weighted by atomic mass is 16.5. The van der Waals surface area contributed by atoms with Crippen LogP contribution < -0.4 is 15.4 Å². The molecule has 2 unspecified atom stereocenters. The topological polar surface area (TPSA) is 93.7 Å². The molecule has 0 aliphatic heterocycles. The fourth-order valence-corrected chi connectivity index (χ4v) is 5.56. The minimum absolute atomic E-state index is 0.0661. The maximum absolute atomic E-state index is 12.7. The molecule has 43 heavy (non-hydrogen) atoms. The van der Waals surface area contributed by atoms with E-state index in [1.807, 2.05) is 30.3 Å². The number of nitrogens with one attached hydrogen (secondary N) is 2. The summed E-state index contributed by atoms with van der Waals surface area (Å²) < 4.78 is 10.0. The summed E-state index contributed by atoms with van der Waals surface area (Å²) in [6.45, 7) is 2.45. The average Bonchev–Trinajstić information content (AvgIpc) is 3.03. The third kappa shape index (κ3) is 16.9. The van der Waals surface area contributed by atoms with Crippen LogP contribution in [0.1, 0.15) is 94.6 Å². The summed E-state index contributed by atoms with van der Waals surface area (Å²) in [5.74, 6) is 1.50. The van der Waals surface area contributed by atoms with Crippen LogP contribution in [-0.4, -0.2) is 51.0 Å². The van der Waals surface area contributed by atoms with E-state index in [1.165, 1.54) is 69.6 Å². The lowest BCUT2D eigenvalue weighted by Crippen LogP contribution is -2.38. The van der Waals surface area contributed by atoms with Gasteiger partial charge in [0.25, 0.3) is 0 Å². The normalized spacial score (nSPS) is 14.5. The van der Waals surface area contributed by atoms with E-state index >= 15 is 0 Å². The molecule has 1 aliphatic carbocycles. The molecule has 1 aliphatic rings. The van der Waals surface area contributed by atoms with Crippen molar-refractivity contribution in [1.29, 1.82) is 0 Å². The second-order valence-corrected chi connectivity index (χ2v) is 11.6. The number of hydrogen-bond donors (Lipinski definition) is 2. The number of amides is 1. The molecule has 0 saturated heterocycles. The predicted octanol–water partition coefficient (Wildman–Crippen LogP) is 6.75. The number of carbonyl (C=O) groups excluding carboxylic acids is 3. The summed E-state index contributed by atoms with van der Waals surface area (Å²) in [7, 11) is 3.38. The van der Waals surface area contributed by atoms with Crippen molar-refractivity contribution < 1.29 is 23.9 Å². The van der Waals surface area contributed by atoms with Gasteiger partial charge in [-0.15, -0.1) is 0 Å². The Kier molecular flexibility index (Phi) is 18.7. The Bertz CT molecular complexity index is 1020. The number of benzene rings is 2. The van der Waals surface area contributed by atoms with Crippen LogP contribution in [0.25, 0.3) is 0 Å². The van der Waals surface area contributed by atoms with Gasteiger partial charge in [-0.05, 0) is 63.3 Å². The van der Waals surface area contributed by atoms with Gasteiger partial charge in [0.15, 0.2) is 0 Å². The lowest BCUT2D eigenvalue weighted by atomic mass is 9.85. The van der Waals surface area contributed by atoms with Gasteiger partial charge in [-0.25, -0.2) is 0 Å². The van der Waals surface area contributed by atoms with Crippen molar-refractivity contribution in [3.05, 3.63) is 65.7 Å². The van der Waals surface area contributed by atoms with Crippen LogP contribution in [0.5, 0.6) is 5.75 Å². The zero-order valence-electron chi connectivity index (χ0n) is 26.7. The summed E-state index contributed by atoms with van der Waals surface area (Å²) in [6.07, 6.45) is 15.5. The van der Waals surface area contributed by atoms with Gasteiger partial charge in [-0.2, -0.15) is 0 Å². The second-order valence-electron chi connectivity index (χ2n) is 11.6. The SMILES string of the molecule is CNC(CCCC1CCCCC1)CCC(Cc1ccccc1)NC(=O)CCOc1ccc(C)cc1.COC(=O)CCC=O. The zero-order valence-corrected chi connectivity index (χ0v) is 26.7. The number of hydrogen-bond acceptors (Lipinski definition) is 6. The van der Waals surface area contributed by atoms with Crippen molar-refractivity contribution in [2.75, 3.05) is 20.8 Å². The minimum atomic E-state index is -0.336. The molecule has 2 aromatic carbocycles. The van der Waals surface area contributed by atoms with Gasteiger partial charge in [-0.1, -0.05) is 93.0 Å². The number of carbonyl (C=O) groups is 3. The van der Waals surface area contributed by atoms with E-state index in [0.29, 0.717) is 25.4 Å². The fourth-order valence-electron chi connectivity index (χ4n) is 5.56. The van der Waals surface area contributed by atoms with E-state index in [1.54, 1.807) is 0 Å². The molecule has 7 heteroatoms. The molecule has 7 nitrogen and oxygen atoms in total. The molecule has 0 heterocycles. The minimum Gasteiger partial charge on any atom is -0.493 e. The summed E-state index contributed by atoms with van der Waals surface area (Å²) in [5, 5.41) is 6.84. The van der Waals surface area contributed by atoms with Crippen molar-refractivity contribution in [3.8, 4) is 5.75 Å². The van der Waals surface area contributed by atoms with E-state index in [2.05, 4.69) is 53.6 Å². The number of aldehydes is 1. The van der Waals surface area contributed by atoms with Gasteiger partial charge < -0.3 is 24.9 Å². The van der Waals surface area contributed by atoms with Crippen molar-refractivity contribution in [3.63, 3.8) is 0 Å². The van der Waals surface area contributed by atoms with Crippen LogP contribution in [0.3, 0.4) is 0 Å². The van der Waals surface area contributed by atoms with E-state index in [-0.39, 0.29) is 30.8 Å². The van der Waals surface area contributed by atoms with Gasteiger partial charge in [0.05, 0.1) is 26.6 Å². The predicted molar refractivity (Wildman–Crippen MR) is 173 cm³/mol. The Morgan fingerprint density at radius 3 is 2.28 bits per heavy atom. The molecule has 238 valence electrons. The smallest absolute Gasteiger partial charge is 0.305 e. The quantitative estimate of drug-likeness (QED) is 0.147. The first-order valence-electron chi connectivity index (χ1n) is 16.1. The van der Waals surface area contributed by atoms with E-state index < -0.39 is 0 Å². The Balaban J connectivity index is 0.000000708. The molecule has 0 spiro atoms. The van der Waals surface area contributed by atoms with Gasteiger partial charge in [-0.3, -0.25) is 9.59 Å². The lowest BCUT2D eigenvalue weighted by molar-refractivity contribution is -0.141.